The molecule has 1 aliphatic rings. The van der Waals surface area contributed by atoms with Crippen LogP contribution in [0.4, 0.5) is 0 Å². The van der Waals surface area contributed by atoms with Crippen LogP contribution in [0.5, 0.6) is 5.75 Å². The van der Waals surface area contributed by atoms with Gasteiger partial charge in [0.2, 0.25) is 0 Å². The van der Waals surface area contributed by atoms with E-state index in [-0.39, 0.29) is 18.1 Å². The Bertz CT molecular complexity index is 566. The number of carbonyl (C=O) groups is 1. The predicted molar refractivity (Wildman–Crippen MR) is 86.5 cm³/mol. The molecule has 3 N–H and O–H groups in total. The first-order valence-electron chi connectivity index (χ1n) is 7.95. The number of allylic oxidation sites excluding steroid dienone is 1. The highest BCUT2D eigenvalue weighted by Gasteiger charge is 2.38. The summed E-state index contributed by atoms with van der Waals surface area (Å²) in [5.41, 5.74) is 1.12. The van der Waals surface area contributed by atoms with Crippen LogP contribution in [0.3, 0.4) is 0 Å². The molecule has 1 aromatic rings. The number of hydrogen-bond acceptors (Lipinski definition) is 4. The van der Waals surface area contributed by atoms with Crippen LogP contribution in [0.2, 0.25) is 0 Å². The van der Waals surface area contributed by atoms with Crippen LogP contribution < -0.4 is 4.74 Å². The van der Waals surface area contributed by atoms with E-state index in [2.05, 4.69) is 0 Å². The van der Waals surface area contributed by atoms with Crippen LogP contribution in [0, 0.1) is 18.8 Å². The summed E-state index contributed by atoms with van der Waals surface area (Å²) >= 11 is 0. The van der Waals surface area contributed by atoms with Crippen LogP contribution in [-0.2, 0) is 4.79 Å². The molecule has 0 spiro atoms. The van der Waals surface area contributed by atoms with Crippen molar-refractivity contribution in [3.05, 3.63) is 41.7 Å². The first kappa shape index (κ1) is 17.3. The summed E-state index contributed by atoms with van der Waals surface area (Å²) in [6.45, 7) is 2.43. The Balaban J connectivity index is 1.85. The highest BCUT2D eigenvalue weighted by atomic mass is 16.5. The fourth-order valence-electron chi connectivity index (χ4n) is 3.13. The minimum absolute atomic E-state index is 0.122. The summed E-state index contributed by atoms with van der Waals surface area (Å²) in [5, 5.41) is 29.0. The van der Waals surface area contributed by atoms with Gasteiger partial charge in [0.25, 0.3) is 0 Å². The summed E-state index contributed by atoms with van der Waals surface area (Å²) < 4.78 is 5.61. The monoisotopic (exact) mass is 320 g/mol. The Morgan fingerprint density at radius 1 is 1.35 bits per heavy atom. The molecule has 0 heterocycles. The maximum Gasteiger partial charge on any atom is 0.303 e. The number of aliphatic carboxylic acids is 1. The van der Waals surface area contributed by atoms with Crippen molar-refractivity contribution in [3.8, 4) is 5.75 Å². The maximum absolute atomic E-state index is 10.9. The van der Waals surface area contributed by atoms with Gasteiger partial charge in [0.1, 0.15) is 5.75 Å². The van der Waals surface area contributed by atoms with Gasteiger partial charge in [0, 0.05) is 18.3 Å². The van der Waals surface area contributed by atoms with Crippen molar-refractivity contribution in [2.75, 3.05) is 6.61 Å². The summed E-state index contributed by atoms with van der Waals surface area (Å²) in [6.07, 6.45) is 2.57. The van der Waals surface area contributed by atoms with E-state index in [0.717, 1.165) is 11.3 Å². The highest BCUT2D eigenvalue weighted by Crippen LogP contribution is 2.38. The topological polar surface area (TPSA) is 87.0 Å². The molecule has 1 fully saturated rings. The van der Waals surface area contributed by atoms with Crippen molar-refractivity contribution in [1.82, 2.24) is 0 Å². The second kappa shape index (κ2) is 8.02. The van der Waals surface area contributed by atoms with Crippen molar-refractivity contribution in [2.24, 2.45) is 11.8 Å². The molecule has 23 heavy (non-hydrogen) atoms. The lowest BCUT2D eigenvalue weighted by Crippen LogP contribution is -2.23. The Kier molecular flexibility index (Phi) is 6.04. The van der Waals surface area contributed by atoms with Crippen LogP contribution >= 0.6 is 0 Å². The number of aliphatic hydroxyl groups excluding tert-OH is 2. The molecule has 0 aromatic heterocycles. The van der Waals surface area contributed by atoms with Gasteiger partial charge in [0.15, 0.2) is 0 Å². The molecule has 0 aliphatic heterocycles. The number of benzene rings is 1. The first-order chi connectivity index (χ1) is 11.0. The third-order valence-electron chi connectivity index (χ3n) is 4.30. The van der Waals surface area contributed by atoms with E-state index in [1.165, 1.54) is 0 Å². The van der Waals surface area contributed by atoms with Gasteiger partial charge < -0.3 is 20.1 Å². The number of hydrogen-bond donors (Lipinski definition) is 3. The van der Waals surface area contributed by atoms with Crippen LogP contribution in [-0.4, -0.2) is 34.0 Å². The van der Waals surface area contributed by atoms with Crippen molar-refractivity contribution in [1.29, 1.82) is 0 Å². The number of carboxylic acid groups (broad SMARTS) is 1. The quantitative estimate of drug-likeness (QED) is 0.531. The van der Waals surface area contributed by atoms with Gasteiger partial charge in [-0.15, -0.1) is 0 Å². The fraction of sp³-hybridized carbons (Fsp3) is 0.500. The summed E-state index contributed by atoms with van der Waals surface area (Å²) in [7, 11) is 0. The van der Waals surface area contributed by atoms with E-state index in [9.17, 15) is 15.0 Å². The van der Waals surface area contributed by atoms with E-state index >= 15 is 0 Å². The third kappa shape index (κ3) is 4.99. The SMILES string of the molecule is Cc1cccc(OCCC=C(O)[C@H]2CC[C@H](O)[C@@H]2CC(=O)O)c1. The van der Waals surface area contributed by atoms with E-state index in [4.69, 9.17) is 9.84 Å². The van der Waals surface area contributed by atoms with Crippen molar-refractivity contribution >= 4 is 5.97 Å². The Morgan fingerprint density at radius 3 is 2.83 bits per heavy atom. The van der Waals surface area contributed by atoms with E-state index in [0.29, 0.717) is 25.9 Å². The van der Waals surface area contributed by atoms with Crippen molar-refractivity contribution < 1.29 is 24.9 Å². The van der Waals surface area contributed by atoms with Gasteiger partial charge in [-0.2, -0.15) is 0 Å². The van der Waals surface area contributed by atoms with Gasteiger partial charge >= 0.3 is 5.97 Å². The lowest BCUT2D eigenvalue weighted by molar-refractivity contribution is -0.139. The normalized spacial score (nSPS) is 24.6. The number of carboxylic acids is 1. The summed E-state index contributed by atoms with van der Waals surface area (Å²) in [6, 6.07) is 7.74. The molecule has 2 rings (SSSR count). The van der Waals surface area contributed by atoms with Gasteiger partial charge in [-0.25, -0.2) is 0 Å². The van der Waals surface area contributed by atoms with Crippen molar-refractivity contribution in [2.45, 2.75) is 38.7 Å². The minimum atomic E-state index is -0.948. The number of aliphatic hydroxyl groups is 2. The van der Waals surface area contributed by atoms with Crippen molar-refractivity contribution in [3.63, 3.8) is 0 Å². The standard InChI is InChI=1S/C18H24O5/c1-12-4-2-5-13(10-12)23-9-3-6-16(19)14-7-8-17(20)15(14)11-18(21)22/h2,4-6,10,14-15,17,19-20H,3,7-9,11H2,1H3,(H,21,22)/t14-,15+,17-/m0/s1. The van der Waals surface area contributed by atoms with E-state index < -0.39 is 18.0 Å². The third-order valence-corrected chi connectivity index (χ3v) is 4.30. The smallest absolute Gasteiger partial charge is 0.303 e. The Labute approximate surface area is 136 Å². The average molecular weight is 320 g/mol. The summed E-state index contributed by atoms with van der Waals surface area (Å²) in [4.78, 5) is 10.9. The Hall–Kier alpha value is -2.01. The molecule has 5 heteroatoms. The molecule has 5 nitrogen and oxygen atoms in total. The molecule has 1 saturated carbocycles. The summed E-state index contributed by atoms with van der Waals surface area (Å²) in [5.74, 6) is -0.684. The lowest BCUT2D eigenvalue weighted by atomic mass is 9.89. The van der Waals surface area contributed by atoms with Crippen LogP contribution in [0.25, 0.3) is 0 Å². The minimum Gasteiger partial charge on any atom is -0.512 e. The van der Waals surface area contributed by atoms with Gasteiger partial charge in [-0.1, -0.05) is 12.1 Å². The molecule has 0 unspecified atom stereocenters. The zero-order valence-electron chi connectivity index (χ0n) is 13.3. The largest absolute Gasteiger partial charge is 0.512 e. The molecular formula is C18H24O5. The van der Waals surface area contributed by atoms with Crippen LogP contribution in [0.15, 0.2) is 36.1 Å². The molecule has 0 bridgehead atoms. The van der Waals surface area contributed by atoms with E-state index in [1.807, 2.05) is 31.2 Å². The number of ether oxygens (including phenoxy) is 1. The molecule has 0 amide bonds. The second-order valence-corrected chi connectivity index (χ2v) is 6.10. The second-order valence-electron chi connectivity index (χ2n) is 6.10. The van der Waals surface area contributed by atoms with Gasteiger partial charge in [0.05, 0.1) is 24.9 Å². The average Bonchev–Trinajstić information content (AvgIpc) is 2.84. The van der Waals surface area contributed by atoms with Gasteiger partial charge in [-0.3, -0.25) is 4.79 Å². The number of rotatable bonds is 7. The molecule has 3 atom stereocenters. The molecular weight excluding hydrogens is 296 g/mol. The lowest BCUT2D eigenvalue weighted by Gasteiger charge is -2.19. The highest BCUT2D eigenvalue weighted by molar-refractivity contribution is 5.67. The first-order valence-corrected chi connectivity index (χ1v) is 7.95. The Morgan fingerprint density at radius 2 is 2.13 bits per heavy atom. The molecule has 126 valence electrons. The molecule has 1 aliphatic carbocycles. The predicted octanol–water partition coefficient (Wildman–Crippen LogP) is 3.07. The van der Waals surface area contributed by atoms with Gasteiger partial charge in [-0.05, 0) is 43.5 Å². The molecule has 1 aromatic carbocycles. The molecule has 0 saturated heterocycles. The molecule has 0 radical (unpaired) electrons. The van der Waals surface area contributed by atoms with Crippen LogP contribution in [0.1, 0.15) is 31.2 Å². The fourth-order valence-corrected chi connectivity index (χ4v) is 3.13. The van der Waals surface area contributed by atoms with E-state index in [1.54, 1.807) is 6.08 Å². The maximum atomic E-state index is 10.9. The zero-order valence-corrected chi connectivity index (χ0v) is 13.3. The number of aryl methyl sites for hydroxylation is 1. The zero-order chi connectivity index (χ0) is 16.8.